The van der Waals surface area contributed by atoms with Gasteiger partial charge >= 0.3 is 0 Å². The van der Waals surface area contributed by atoms with Gasteiger partial charge in [-0.1, -0.05) is 6.07 Å². The third-order valence-electron chi connectivity index (χ3n) is 3.85. The lowest BCUT2D eigenvalue weighted by molar-refractivity contribution is 0.257. The Balaban J connectivity index is 1.64. The molecule has 0 radical (unpaired) electrons. The zero-order chi connectivity index (χ0) is 12.5. The summed E-state index contributed by atoms with van der Waals surface area (Å²) in [5, 5.41) is 12.3. The van der Waals surface area contributed by atoms with Crippen LogP contribution in [0.4, 0.5) is 5.82 Å². The average molecular weight is 242 g/mol. The van der Waals surface area contributed by atoms with Crippen molar-refractivity contribution in [3.8, 4) is 6.07 Å². The van der Waals surface area contributed by atoms with E-state index in [2.05, 4.69) is 28.2 Å². The van der Waals surface area contributed by atoms with E-state index in [9.17, 15) is 0 Å². The topological polar surface area (TPSA) is 52.0 Å². The molecule has 4 nitrogen and oxygen atoms in total. The third kappa shape index (κ3) is 2.32. The molecule has 1 aliphatic carbocycles. The second kappa shape index (κ2) is 4.58. The number of aromatic nitrogens is 1. The number of pyridine rings is 1. The van der Waals surface area contributed by atoms with Crippen LogP contribution in [0, 0.1) is 11.3 Å². The molecule has 2 fully saturated rings. The molecule has 1 saturated carbocycles. The van der Waals surface area contributed by atoms with Crippen molar-refractivity contribution in [3.05, 3.63) is 23.9 Å². The summed E-state index contributed by atoms with van der Waals surface area (Å²) in [5.41, 5.74) is 0.477. The van der Waals surface area contributed by atoms with Crippen LogP contribution in [0.2, 0.25) is 0 Å². The fraction of sp³-hybridized carbons (Fsp3) is 0.571. The molecule has 0 spiro atoms. The lowest BCUT2D eigenvalue weighted by Crippen LogP contribution is -2.31. The Bertz CT molecular complexity index is 475. The molecule has 3 rings (SSSR count). The highest BCUT2D eigenvalue weighted by Crippen LogP contribution is 2.33. The monoisotopic (exact) mass is 242 g/mol. The van der Waals surface area contributed by atoms with Gasteiger partial charge in [-0.25, -0.2) is 4.98 Å². The molecular weight excluding hydrogens is 224 g/mol. The second-order valence-electron chi connectivity index (χ2n) is 5.37. The fourth-order valence-corrected chi connectivity index (χ4v) is 2.86. The lowest BCUT2D eigenvalue weighted by Gasteiger charge is -2.19. The number of likely N-dealkylation sites (tertiary alicyclic amines) is 1. The molecule has 4 heteroatoms. The minimum absolute atomic E-state index is 0.460. The Morgan fingerprint density at radius 2 is 2.28 bits per heavy atom. The fourth-order valence-electron chi connectivity index (χ4n) is 2.86. The van der Waals surface area contributed by atoms with Gasteiger partial charge in [-0.05, 0) is 38.3 Å². The molecule has 1 aromatic rings. The lowest BCUT2D eigenvalue weighted by atomic mass is 10.2. The largest absolute Gasteiger partial charge is 0.366 e. The second-order valence-corrected chi connectivity index (χ2v) is 5.37. The first-order valence-corrected chi connectivity index (χ1v) is 6.65. The van der Waals surface area contributed by atoms with Crippen LogP contribution >= 0.6 is 0 Å². The molecule has 2 unspecified atom stereocenters. The number of nitriles is 1. The predicted octanol–water partition coefficient (Wildman–Crippen LogP) is 1.99. The maximum Gasteiger partial charge on any atom is 0.142 e. The van der Waals surface area contributed by atoms with Gasteiger partial charge in [0.2, 0.25) is 0 Å². The average Bonchev–Trinajstić information content (AvgIpc) is 3.15. The van der Waals surface area contributed by atoms with Gasteiger partial charge in [0.25, 0.3) is 0 Å². The summed E-state index contributed by atoms with van der Waals surface area (Å²) in [7, 11) is 0. The van der Waals surface area contributed by atoms with Crippen LogP contribution in [-0.4, -0.2) is 34.6 Å². The van der Waals surface area contributed by atoms with E-state index in [4.69, 9.17) is 5.26 Å². The third-order valence-corrected chi connectivity index (χ3v) is 3.85. The smallest absolute Gasteiger partial charge is 0.142 e. The van der Waals surface area contributed by atoms with Crippen molar-refractivity contribution >= 4 is 5.82 Å². The zero-order valence-corrected chi connectivity index (χ0v) is 10.6. The normalized spacial score (nSPS) is 28.0. The van der Waals surface area contributed by atoms with E-state index >= 15 is 0 Å². The summed E-state index contributed by atoms with van der Waals surface area (Å²) < 4.78 is 0. The van der Waals surface area contributed by atoms with Crippen LogP contribution < -0.4 is 5.32 Å². The highest BCUT2D eigenvalue weighted by atomic mass is 15.3. The molecule has 0 aromatic carbocycles. The van der Waals surface area contributed by atoms with Crippen LogP contribution in [0.1, 0.15) is 31.9 Å². The molecule has 2 atom stereocenters. The van der Waals surface area contributed by atoms with Gasteiger partial charge < -0.3 is 5.32 Å². The van der Waals surface area contributed by atoms with Crippen molar-refractivity contribution in [1.29, 1.82) is 5.26 Å². The van der Waals surface area contributed by atoms with Crippen LogP contribution in [0.15, 0.2) is 18.2 Å². The summed E-state index contributed by atoms with van der Waals surface area (Å²) in [4.78, 5) is 6.88. The standard InChI is InChI=1S/C14H18N4/c1-10-7-12(9-18(10)13-5-6-13)17-14-4-2-3-11(8-15)16-14/h2-4,10,12-13H,5-7,9H2,1H3,(H,16,17). The van der Waals surface area contributed by atoms with Crippen molar-refractivity contribution < 1.29 is 0 Å². The summed E-state index contributed by atoms with van der Waals surface area (Å²) >= 11 is 0. The van der Waals surface area contributed by atoms with Gasteiger partial charge in [-0.15, -0.1) is 0 Å². The van der Waals surface area contributed by atoms with E-state index in [0.29, 0.717) is 17.8 Å². The summed E-state index contributed by atoms with van der Waals surface area (Å²) in [6.07, 6.45) is 3.88. The number of rotatable bonds is 3. The van der Waals surface area contributed by atoms with Crippen molar-refractivity contribution in [3.63, 3.8) is 0 Å². The molecule has 0 bridgehead atoms. The first-order chi connectivity index (χ1) is 8.76. The molecule has 0 amide bonds. The highest BCUT2D eigenvalue weighted by Gasteiger charge is 2.38. The molecule has 2 heterocycles. The minimum Gasteiger partial charge on any atom is -0.366 e. The summed E-state index contributed by atoms with van der Waals surface area (Å²) in [6.45, 7) is 3.41. The number of nitrogens with one attached hydrogen (secondary N) is 1. The van der Waals surface area contributed by atoms with Crippen LogP contribution in [0.3, 0.4) is 0 Å². The zero-order valence-electron chi connectivity index (χ0n) is 10.6. The summed E-state index contributed by atoms with van der Waals surface area (Å²) in [5.74, 6) is 0.823. The predicted molar refractivity (Wildman–Crippen MR) is 70.2 cm³/mol. The van der Waals surface area contributed by atoms with Crippen LogP contribution in [-0.2, 0) is 0 Å². The van der Waals surface area contributed by atoms with Gasteiger partial charge in [0, 0.05) is 24.7 Å². The molecule has 1 N–H and O–H groups in total. The first-order valence-electron chi connectivity index (χ1n) is 6.65. The highest BCUT2D eigenvalue weighted by molar-refractivity contribution is 5.39. The Morgan fingerprint density at radius 3 is 3.00 bits per heavy atom. The molecule has 1 saturated heterocycles. The molecule has 2 aliphatic rings. The van der Waals surface area contributed by atoms with Gasteiger partial charge in [0.15, 0.2) is 0 Å². The van der Waals surface area contributed by atoms with Crippen molar-refractivity contribution in [2.24, 2.45) is 0 Å². The van der Waals surface area contributed by atoms with Gasteiger partial charge in [0.05, 0.1) is 0 Å². The number of hydrogen-bond acceptors (Lipinski definition) is 4. The Labute approximate surface area is 108 Å². The van der Waals surface area contributed by atoms with Crippen molar-refractivity contribution in [1.82, 2.24) is 9.88 Å². The number of anilines is 1. The van der Waals surface area contributed by atoms with Gasteiger partial charge in [-0.2, -0.15) is 5.26 Å². The molecule has 94 valence electrons. The quantitative estimate of drug-likeness (QED) is 0.880. The first kappa shape index (κ1) is 11.5. The number of nitrogens with zero attached hydrogens (tertiary/aromatic N) is 3. The van der Waals surface area contributed by atoms with Gasteiger partial charge in [0.1, 0.15) is 17.6 Å². The Hall–Kier alpha value is -1.60. The van der Waals surface area contributed by atoms with E-state index in [1.54, 1.807) is 6.07 Å². The molecule has 18 heavy (non-hydrogen) atoms. The van der Waals surface area contributed by atoms with E-state index in [-0.39, 0.29) is 0 Å². The maximum absolute atomic E-state index is 8.84. The number of hydrogen-bond donors (Lipinski definition) is 1. The van der Waals surface area contributed by atoms with Gasteiger partial charge in [-0.3, -0.25) is 4.90 Å². The Morgan fingerprint density at radius 1 is 1.44 bits per heavy atom. The van der Waals surface area contributed by atoms with Crippen molar-refractivity contribution in [2.75, 3.05) is 11.9 Å². The van der Waals surface area contributed by atoms with E-state index in [1.165, 1.54) is 12.8 Å². The van der Waals surface area contributed by atoms with E-state index < -0.39 is 0 Å². The van der Waals surface area contributed by atoms with Crippen LogP contribution in [0.5, 0.6) is 0 Å². The van der Waals surface area contributed by atoms with E-state index in [1.807, 2.05) is 12.1 Å². The van der Waals surface area contributed by atoms with E-state index in [0.717, 1.165) is 24.8 Å². The molecular formula is C14H18N4. The molecule has 1 aliphatic heterocycles. The summed E-state index contributed by atoms with van der Waals surface area (Å²) in [6, 6.07) is 9.57. The minimum atomic E-state index is 0.460. The van der Waals surface area contributed by atoms with Crippen LogP contribution in [0.25, 0.3) is 0 Å². The van der Waals surface area contributed by atoms with Crippen molar-refractivity contribution in [2.45, 2.75) is 44.3 Å². The SMILES string of the molecule is CC1CC(Nc2cccc(C#N)n2)CN1C1CC1. The molecule has 1 aromatic heterocycles. The Kier molecular flexibility index (Phi) is 2.92. The maximum atomic E-state index is 8.84.